The average molecular weight is 917 g/mol. The summed E-state index contributed by atoms with van der Waals surface area (Å²) in [5.74, 6) is -9.54. The standard InChI is InChI=1S/C41H50F6N6O9S/c1-38(2,3)30-34(55)53-18-21(16-27(53)32(54)51-40(17-24(40)31(42)43)35(56)52-63(58,59)39(4)11-12-39)60-33-29(48-25-9-8-20(61-36(44)45)15-26(25)49-33)41(46,47)10-6-5-7-22-23-13-19(23)14-28(22)62-37(57)50-30/h8-9,15,19,21-24,27-28,30-31,36H,5-7,10-14,16-18H2,1-4H3,(H,50,57)(H,51,54)(H,52,56)/t19-,21+,22+,23-,24-,27-,28+,30+,40+/m0/s1. The van der Waals surface area contributed by atoms with Crippen LogP contribution >= 0.6 is 0 Å². The van der Waals surface area contributed by atoms with Gasteiger partial charge in [0.15, 0.2) is 5.69 Å². The van der Waals surface area contributed by atoms with Gasteiger partial charge in [-0.15, -0.1) is 0 Å². The highest BCUT2D eigenvalue weighted by Crippen LogP contribution is 2.58. The quantitative estimate of drug-likeness (QED) is 0.281. The smallest absolute Gasteiger partial charge is 0.408 e. The Balaban J connectivity index is 1.16. The molecule has 3 N–H and O–H groups in total. The lowest BCUT2D eigenvalue weighted by molar-refractivity contribution is -0.143. The second-order valence-corrected chi connectivity index (χ2v) is 21.5. The number of nitrogens with zero attached hydrogens (tertiary/aromatic N) is 3. The van der Waals surface area contributed by atoms with E-state index in [1.807, 2.05) is 4.72 Å². The van der Waals surface area contributed by atoms with Crippen molar-refractivity contribution in [1.29, 1.82) is 0 Å². The maximum Gasteiger partial charge on any atom is 0.408 e. The summed E-state index contributed by atoms with van der Waals surface area (Å²) in [6.07, 6.45) is -5.06. The summed E-state index contributed by atoms with van der Waals surface area (Å²) < 4.78 is 131. The Bertz CT molecular complexity index is 2300. The van der Waals surface area contributed by atoms with Gasteiger partial charge in [-0.05, 0) is 87.2 Å². The Labute approximate surface area is 359 Å². The van der Waals surface area contributed by atoms with Crippen molar-refractivity contribution in [1.82, 2.24) is 30.2 Å². The van der Waals surface area contributed by atoms with Gasteiger partial charge in [0.2, 0.25) is 34.1 Å². The fourth-order valence-electron chi connectivity index (χ4n) is 9.49. The van der Waals surface area contributed by atoms with Gasteiger partial charge < -0.3 is 29.7 Å². The van der Waals surface area contributed by atoms with Crippen LogP contribution in [0.4, 0.5) is 31.1 Å². The molecule has 63 heavy (non-hydrogen) atoms. The van der Waals surface area contributed by atoms with Crippen LogP contribution in [0.1, 0.15) is 97.6 Å². The summed E-state index contributed by atoms with van der Waals surface area (Å²) in [5.41, 5.74) is -4.62. The van der Waals surface area contributed by atoms with Gasteiger partial charge in [0, 0.05) is 18.9 Å². The Kier molecular flexibility index (Phi) is 11.3. The zero-order chi connectivity index (χ0) is 45.6. The van der Waals surface area contributed by atoms with Crippen LogP contribution in [-0.2, 0) is 35.1 Å². The molecular weight excluding hydrogens is 867 g/mol. The van der Waals surface area contributed by atoms with Crippen molar-refractivity contribution in [3.8, 4) is 11.6 Å². The van der Waals surface area contributed by atoms with Crippen molar-refractivity contribution in [3.05, 3.63) is 23.9 Å². The monoisotopic (exact) mass is 916 g/mol. The number of carbonyl (C=O) groups excluding carboxylic acids is 4. The van der Waals surface area contributed by atoms with Gasteiger partial charge in [-0.3, -0.25) is 19.1 Å². The number of ether oxygens (including phenoxy) is 3. The van der Waals surface area contributed by atoms with Crippen LogP contribution in [0, 0.1) is 29.1 Å². The first-order chi connectivity index (χ1) is 29.4. The van der Waals surface area contributed by atoms with Crippen LogP contribution in [0.2, 0.25) is 0 Å². The molecule has 1 aromatic heterocycles. The highest BCUT2D eigenvalue weighted by molar-refractivity contribution is 7.91. The third-order valence-electron chi connectivity index (χ3n) is 13.7. The van der Waals surface area contributed by atoms with Crippen LogP contribution in [0.5, 0.6) is 11.6 Å². The molecule has 0 unspecified atom stereocenters. The number of rotatable bonds is 8. The number of nitrogens with one attached hydrogen (secondary N) is 3. The number of aromatic nitrogens is 2. The molecule has 5 fully saturated rings. The summed E-state index contributed by atoms with van der Waals surface area (Å²) in [7, 11) is -4.35. The second kappa shape index (κ2) is 15.8. The zero-order valence-electron chi connectivity index (χ0n) is 35.0. The van der Waals surface area contributed by atoms with E-state index >= 15 is 8.78 Å². The fourth-order valence-corrected chi connectivity index (χ4v) is 10.8. The molecule has 1 aromatic carbocycles. The molecule has 2 aliphatic heterocycles. The van der Waals surface area contributed by atoms with Crippen LogP contribution in [-0.4, -0.2) is 101 Å². The van der Waals surface area contributed by atoms with E-state index in [0.29, 0.717) is 25.2 Å². The molecule has 4 aliphatic carbocycles. The lowest BCUT2D eigenvalue weighted by Gasteiger charge is -2.36. The van der Waals surface area contributed by atoms with E-state index in [0.717, 1.165) is 23.5 Å². The van der Waals surface area contributed by atoms with Gasteiger partial charge >= 0.3 is 12.7 Å². The normalized spacial score (nSPS) is 32.5. The molecule has 4 amide bonds. The molecule has 15 nitrogen and oxygen atoms in total. The molecule has 346 valence electrons. The molecule has 8 rings (SSSR count). The van der Waals surface area contributed by atoms with Crippen LogP contribution in [0.25, 0.3) is 11.0 Å². The molecule has 0 spiro atoms. The predicted molar refractivity (Wildman–Crippen MR) is 209 cm³/mol. The average Bonchev–Trinajstić information content (AvgIpc) is 4.14. The molecule has 22 heteroatoms. The number of fused-ring (bicyclic) bond motifs is 7. The number of benzene rings is 1. The van der Waals surface area contributed by atoms with Gasteiger partial charge in [-0.1, -0.05) is 27.2 Å². The largest absolute Gasteiger partial charge is 0.471 e. The summed E-state index contributed by atoms with van der Waals surface area (Å²) in [4.78, 5) is 65.8. The molecular formula is C41H50F6N6O9S. The Morgan fingerprint density at radius 2 is 1.71 bits per heavy atom. The highest BCUT2D eigenvalue weighted by atomic mass is 32.2. The number of carbonyl (C=O) groups is 4. The molecule has 2 bridgehead atoms. The molecule has 1 saturated heterocycles. The van der Waals surface area contributed by atoms with E-state index in [2.05, 4.69) is 25.3 Å². The third kappa shape index (κ3) is 8.80. The van der Waals surface area contributed by atoms with Crippen molar-refractivity contribution in [3.63, 3.8) is 0 Å². The molecule has 4 saturated carbocycles. The van der Waals surface area contributed by atoms with E-state index in [1.165, 1.54) is 13.0 Å². The minimum absolute atomic E-state index is 0.0235. The third-order valence-corrected chi connectivity index (χ3v) is 15.8. The van der Waals surface area contributed by atoms with Gasteiger partial charge in [-0.25, -0.2) is 32.0 Å². The number of alkyl carbamates (subject to hydrolysis) is 1. The Hall–Kier alpha value is -4.63. The molecule has 6 aliphatic rings. The summed E-state index contributed by atoms with van der Waals surface area (Å²) in [6, 6.07) is 0.286. The summed E-state index contributed by atoms with van der Waals surface area (Å²) in [6.45, 7) is 2.53. The maximum atomic E-state index is 16.4. The molecule has 9 atom stereocenters. The number of alkyl halides is 6. The van der Waals surface area contributed by atoms with Gasteiger partial charge in [0.1, 0.15) is 35.6 Å². The topological polar surface area (TPSA) is 195 Å². The van der Waals surface area contributed by atoms with Crippen LogP contribution in [0.15, 0.2) is 18.2 Å². The van der Waals surface area contributed by atoms with Gasteiger partial charge in [-0.2, -0.15) is 17.6 Å². The van der Waals surface area contributed by atoms with E-state index in [-0.39, 0.29) is 47.9 Å². The van der Waals surface area contributed by atoms with Gasteiger partial charge in [0.05, 0.1) is 28.2 Å². The fraction of sp³-hybridized carbons (Fsp3) is 0.707. The summed E-state index contributed by atoms with van der Waals surface area (Å²) >= 11 is 0. The number of hydrogen-bond acceptors (Lipinski definition) is 11. The van der Waals surface area contributed by atoms with E-state index < -0.39 is 136 Å². The molecule has 0 radical (unpaired) electrons. The first kappa shape index (κ1) is 45.0. The zero-order valence-corrected chi connectivity index (χ0v) is 35.8. The lowest BCUT2D eigenvalue weighted by atomic mass is 9.85. The Morgan fingerprint density at radius 3 is 2.37 bits per heavy atom. The van der Waals surface area contributed by atoms with E-state index in [4.69, 9.17) is 9.47 Å². The number of sulfonamides is 1. The first-order valence-corrected chi connectivity index (χ1v) is 22.7. The van der Waals surface area contributed by atoms with E-state index in [1.54, 1.807) is 20.8 Å². The highest BCUT2D eigenvalue weighted by Gasteiger charge is 2.67. The van der Waals surface area contributed by atoms with Crippen molar-refractivity contribution in [2.75, 3.05) is 6.54 Å². The van der Waals surface area contributed by atoms with E-state index in [9.17, 15) is 45.2 Å². The van der Waals surface area contributed by atoms with Crippen LogP contribution < -0.4 is 24.8 Å². The maximum absolute atomic E-state index is 16.4. The predicted octanol–water partition coefficient (Wildman–Crippen LogP) is 5.55. The molecule has 3 heterocycles. The minimum atomic E-state index is -4.35. The van der Waals surface area contributed by atoms with Crippen LogP contribution in [0.3, 0.4) is 0 Å². The number of amides is 4. The second-order valence-electron chi connectivity index (χ2n) is 19.3. The minimum Gasteiger partial charge on any atom is -0.471 e. The van der Waals surface area contributed by atoms with Crippen molar-refractivity contribution >= 4 is 44.9 Å². The molecule has 2 aromatic rings. The lowest BCUT2D eigenvalue weighted by Crippen LogP contribution is -2.60. The number of hydrogen-bond donors (Lipinski definition) is 3. The van der Waals surface area contributed by atoms with Crippen molar-refractivity contribution in [2.24, 2.45) is 29.1 Å². The SMILES string of the molecule is CC(C)(C)[C@@H]1NC(=O)O[C@@H]2C[C@@H]3C[C@@H]3[C@H]2CCCCC(F)(F)c2nc3ccc(OC(F)F)cc3nc2O[C@@H]2C[C@@H](C(=O)N[C@]3(C(=O)NS(=O)(=O)C4(C)CC4)C[C@H]3C(F)F)N(C2)C1=O. The van der Waals surface area contributed by atoms with Gasteiger partial charge in [0.25, 0.3) is 11.8 Å². The number of halogens is 6. The first-order valence-electron chi connectivity index (χ1n) is 21.2. The summed E-state index contributed by atoms with van der Waals surface area (Å²) in [5, 5.41) is 4.97. The van der Waals surface area contributed by atoms with Crippen molar-refractivity contribution < 1.29 is 68.1 Å². The van der Waals surface area contributed by atoms with Crippen molar-refractivity contribution in [2.45, 2.75) is 145 Å². The Morgan fingerprint density at radius 1 is 0.984 bits per heavy atom.